The van der Waals surface area contributed by atoms with Gasteiger partial charge >= 0.3 is 0 Å². The SMILES string of the molecule is C[Si](C)c1ccc([Si](C)(C)CC[Si](C)(O[Si](C)(CC[Si](C)(C)c2ccc([Si](C)C)cc2)c2ccccc2)c2ccccc2)cc1. The molecule has 0 amide bonds. The predicted octanol–water partition coefficient (Wildman–Crippen LogP) is 7.12. The first-order valence-electron chi connectivity index (χ1n) is 16.8. The van der Waals surface area contributed by atoms with Crippen LogP contribution in [0.5, 0.6) is 0 Å². The van der Waals surface area contributed by atoms with Crippen molar-refractivity contribution in [3.05, 3.63) is 109 Å². The second kappa shape index (κ2) is 14.9. The van der Waals surface area contributed by atoms with E-state index >= 15 is 0 Å². The average molecular weight is 697 g/mol. The van der Waals surface area contributed by atoms with Crippen LogP contribution in [-0.2, 0) is 4.12 Å². The molecule has 0 fully saturated rings. The fourth-order valence-electron chi connectivity index (χ4n) is 6.49. The quantitative estimate of drug-likeness (QED) is 0.128. The summed E-state index contributed by atoms with van der Waals surface area (Å²) in [5.41, 5.74) is 0. The highest BCUT2D eigenvalue weighted by molar-refractivity contribution is 7.00. The van der Waals surface area contributed by atoms with Crippen LogP contribution in [0.3, 0.4) is 0 Å². The molecule has 45 heavy (non-hydrogen) atoms. The number of hydrogen-bond acceptors (Lipinski definition) is 1. The summed E-state index contributed by atoms with van der Waals surface area (Å²) in [6, 6.07) is 46.9. The largest absolute Gasteiger partial charge is 0.448 e. The number of hydrogen-bond donors (Lipinski definition) is 0. The minimum Gasteiger partial charge on any atom is -0.448 e. The van der Waals surface area contributed by atoms with Gasteiger partial charge in [0.25, 0.3) is 0 Å². The van der Waals surface area contributed by atoms with Gasteiger partial charge in [-0.05, 0) is 35.6 Å². The predicted molar refractivity (Wildman–Crippen MR) is 217 cm³/mol. The number of rotatable bonds is 14. The fraction of sp³-hybridized carbons (Fsp3) is 0.368. The molecule has 1 nitrogen and oxygen atoms in total. The summed E-state index contributed by atoms with van der Waals surface area (Å²) in [7, 11) is -8.72. The Kier molecular flexibility index (Phi) is 11.9. The molecule has 2 radical (unpaired) electrons. The molecule has 0 heterocycles. The minimum atomic E-state index is -2.29. The monoisotopic (exact) mass is 696 g/mol. The standard InChI is InChI=1S/C38H56OSi6/c1-40(2)33-21-25-35(26-22-33)42(5,6)29-31-44(9,37-17-13-11-14-18-37)39-45(10,38-19-15-12-16-20-38)32-30-43(7,8)36-27-23-34(24-28-36)41(3)4/h11-28H,29-32H2,1-10H3. The van der Waals surface area contributed by atoms with Crippen molar-refractivity contribution in [3.8, 4) is 0 Å². The smallest absolute Gasteiger partial charge is 0.209 e. The van der Waals surface area contributed by atoms with Gasteiger partial charge in [-0.2, -0.15) is 0 Å². The van der Waals surface area contributed by atoms with Crippen LogP contribution < -0.4 is 31.1 Å². The summed E-state index contributed by atoms with van der Waals surface area (Å²) in [6.07, 6.45) is 0. The maximum atomic E-state index is 7.89. The van der Waals surface area contributed by atoms with E-state index in [2.05, 4.69) is 175 Å². The molecule has 2 atom stereocenters. The Bertz CT molecular complexity index is 1370. The molecule has 0 aliphatic carbocycles. The summed E-state index contributed by atoms with van der Waals surface area (Å²) in [6.45, 7) is 24.9. The summed E-state index contributed by atoms with van der Waals surface area (Å²) in [5, 5.41) is 9.14. The third kappa shape index (κ3) is 9.15. The second-order valence-corrected chi connectivity index (χ2v) is 38.0. The molecule has 2 unspecified atom stereocenters. The molecule has 4 aromatic carbocycles. The van der Waals surface area contributed by atoms with Gasteiger partial charge in [-0.25, -0.2) is 0 Å². The van der Waals surface area contributed by atoms with E-state index < -0.39 is 50.4 Å². The topological polar surface area (TPSA) is 9.23 Å². The van der Waals surface area contributed by atoms with Gasteiger partial charge in [0.15, 0.2) is 0 Å². The molecule has 4 aromatic rings. The molecule has 0 saturated carbocycles. The van der Waals surface area contributed by atoms with Gasteiger partial charge in [-0.1, -0.05) is 194 Å². The van der Waals surface area contributed by atoms with E-state index in [9.17, 15) is 0 Å². The van der Waals surface area contributed by atoms with Crippen LogP contribution in [-0.4, -0.2) is 50.4 Å². The zero-order valence-electron chi connectivity index (χ0n) is 29.6. The van der Waals surface area contributed by atoms with Crippen LogP contribution in [0.2, 0.25) is 89.6 Å². The molecule has 0 aliphatic rings. The van der Waals surface area contributed by atoms with E-state index in [1.807, 2.05) is 0 Å². The third-order valence-electron chi connectivity index (χ3n) is 10.2. The molecule has 238 valence electrons. The van der Waals surface area contributed by atoms with Gasteiger partial charge < -0.3 is 4.12 Å². The second-order valence-electron chi connectivity index (χ2n) is 15.2. The van der Waals surface area contributed by atoms with Gasteiger partial charge in [0.1, 0.15) is 0 Å². The van der Waals surface area contributed by atoms with Gasteiger partial charge in [-0.15, -0.1) is 0 Å². The Morgan fingerprint density at radius 3 is 1.00 bits per heavy atom. The van der Waals surface area contributed by atoms with Crippen LogP contribution in [0.15, 0.2) is 109 Å². The van der Waals surface area contributed by atoms with Crippen molar-refractivity contribution in [2.24, 2.45) is 0 Å². The first-order chi connectivity index (χ1) is 21.2. The molecular weight excluding hydrogens is 641 g/mol. The lowest BCUT2D eigenvalue weighted by molar-refractivity contribution is 0.556. The third-order valence-corrected chi connectivity index (χ3v) is 30.1. The Balaban J connectivity index is 1.64. The van der Waals surface area contributed by atoms with Gasteiger partial charge in [0, 0.05) is 0 Å². The lowest BCUT2D eigenvalue weighted by atomic mass is 10.4. The first-order valence-corrected chi connectivity index (χ1v) is 33.4. The van der Waals surface area contributed by atoms with Crippen molar-refractivity contribution in [1.29, 1.82) is 0 Å². The minimum absolute atomic E-state index is 0.419. The van der Waals surface area contributed by atoms with Crippen LogP contribution in [0.4, 0.5) is 0 Å². The van der Waals surface area contributed by atoms with Crippen molar-refractivity contribution in [1.82, 2.24) is 0 Å². The summed E-state index contributed by atoms with van der Waals surface area (Å²) >= 11 is 0. The molecular formula is C38H56OSi6. The van der Waals surface area contributed by atoms with Crippen molar-refractivity contribution >= 4 is 81.5 Å². The summed E-state index contributed by atoms with van der Waals surface area (Å²) in [5.74, 6) is 0. The average Bonchev–Trinajstić information content (AvgIpc) is 3.04. The van der Waals surface area contributed by atoms with Gasteiger partial charge in [-0.3, -0.25) is 0 Å². The first kappa shape index (κ1) is 36.0. The van der Waals surface area contributed by atoms with Crippen LogP contribution in [0.1, 0.15) is 0 Å². The van der Waals surface area contributed by atoms with E-state index in [0.29, 0.717) is 0 Å². The highest BCUT2D eigenvalue weighted by Gasteiger charge is 2.44. The Morgan fingerprint density at radius 2 is 0.711 bits per heavy atom. The van der Waals surface area contributed by atoms with E-state index in [1.54, 1.807) is 10.4 Å². The van der Waals surface area contributed by atoms with Crippen molar-refractivity contribution in [2.75, 3.05) is 0 Å². The van der Waals surface area contributed by atoms with Gasteiger partial charge in [0.2, 0.25) is 16.6 Å². The maximum absolute atomic E-state index is 7.89. The zero-order valence-corrected chi connectivity index (χ0v) is 35.6. The molecule has 0 aliphatic heterocycles. The van der Waals surface area contributed by atoms with Crippen LogP contribution in [0, 0.1) is 0 Å². The lowest BCUT2D eigenvalue weighted by Crippen LogP contribution is -2.62. The van der Waals surface area contributed by atoms with Crippen molar-refractivity contribution < 1.29 is 4.12 Å². The van der Waals surface area contributed by atoms with Crippen LogP contribution >= 0.6 is 0 Å². The number of benzene rings is 4. The molecule has 4 rings (SSSR count). The van der Waals surface area contributed by atoms with Crippen molar-refractivity contribution in [2.45, 2.75) is 89.6 Å². The molecule has 0 aromatic heterocycles. The summed E-state index contributed by atoms with van der Waals surface area (Å²) < 4.78 is 7.89. The Labute approximate surface area is 283 Å². The molecule has 0 spiro atoms. The highest BCUT2D eigenvalue weighted by Crippen LogP contribution is 2.29. The van der Waals surface area contributed by atoms with E-state index in [1.165, 1.54) is 44.9 Å². The van der Waals surface area contributed by atoms with Crippen LogP contribution in [0.25, 0.3) is 0 Å². The fourth-order valence-corrected chi connectivity index (χ4v) is 27.8. The lowest BCUT2D eigenvalue weighted by Gasteiger charge is -2.41. The maximum Gasteiger partial charge on any atom is 0.209 e. The Hall–Kier alpha value is -1.86. The molecule has 0 N–H and O–H groups in total. The zero-order chi connectivity index (χ0) is 32.9. The van der Waals surface area contributed by atoms with Crippen molar-refractivity contribution in [3.63, 3.8) is 0 Å². The molecule has 0 saturated heterocycles. The van der Waals surface area contributed by atoms with E-state index in [0.717, 1.165) is 0 Å². The summed E-state index contributed by atoms with van der Waals surface area (Å²) in [4.78, 5) is 0. The molecule has 7 heteroatoms. The molecule has 0 bridgehead atoms. The van der Waals surface area contributed by atoms with Gasteiger partial charge in [0.05, 0.1) is 33.7 Å². The Morgan fingerprint density at radius 1 is 0.400 bits per heavy atom. The van der Waals surface area contributed by atoms with E-state index in [4.69, 9.17) is 4.12 Å². The highest BCUT2D eigenvalue weighted by atomic mass is 28.4. The van der Waals surface area contributed by atoms with E-state index in [-0.39, 0.29) is 0 Å². The normalized spacial score (nSPS) is 15.2.